The topological polar surface area (TPSA) is 78.9 Å². The third-order valence-corrected chi connectivity index (χ3v) is 15.2. The quantitative estimate of drug-likeness (QED) is 0.0261. The van der Waals surface area contributed by atoms with Crippen LogP contribution in [-0.4, -0.2) is 37.2 Å². The summed E-state index contributed by atoms with van der Waals surface area (Å²) in [6.07, 6.45) is 78.8. The Labute approximate surface area is 467 Å². The van der Waals surface area contributed by atoms with Gasteiger partial charge in [-0.1, -0.05) is 333 Å². The Morgan fingerprint density at radius 3 is 0.813 bits per heavy atom. The van der Waals surface area contributed by atoms with Crippen LogP contribution in [-0.2, 0) is 28.6 Å². The van der Waals surface area contributed by atoms with Crippen molar-refractivity contribution in [2.45, 2.75) is 374 Å². The molecule has 0 radical (unpaired) electrons. The van der Waals surface area contributed by atoms with E-state index in [2.05, 4.69) is 57.2 Å². The fourth-order valence-electron chi connectivity index (χ4n) is 10.2. The molecular weight excluding hydrogens is 925 g/mol. The van der Waals surface area contributed by atoms with Crippen molar-refractivity contribution in [2.24, 2.45) is 0 Å². The van der Waals surface area contributed by atoms with Gasteiger partial charge in [0, 0.05) is 19.3 Å². The number of hydrogen-bond donors (Lipinski definition) is 0. The second kappa shape index (κ2) is 64.2. The highest BCUT2D eigenvalue weighted by Crippen LogP contribution is 2.18. The van der Waals surface area contributed by atoms with Crippen LogP contribution < -0.4 is 0 Å². The van der Waals surface area contributed by atoms with Gasteiger partial charge < -0.3 is 14.2 Å². The first-order valence-corrected chi connectivity index (χ1v) is 33.5. The summed E-state index contributed by atoms with van der Waals surface area (Å²) >= 11 is 0. The van der Waals surface area contributed by atoms with Crippen molar-refractivity contribution < 1.29 is 28.6 Å². The van der Waals surface area contributed by atoms with Gasteiger partial charge in [0.25, 0.3) is 0 Å². The lowest BCUT2D eigenvalue weighted by Gasteiger charge is -2.18. The normalized spacial score (nSPS) is 12.2. The zero-order chi connectivity index (χ0) is 54.3. The zero-order valence-corrected chi connectivity index (χ0v) is 50.6. The summed E-state index contributed by atoms with van der Waals surface area (Å²) in [4.78, 5) is 38.4. The average Bonchev–Trinajstić information content (AvgIpc) is 3.41. The molecule has 0 aromatic heterocycles. The summed E-state index contributed by atoms with van der Waals surface area (Å²) in [6, 6.07) is 0. The Hall–Kier alpha value is -2.37. The highest BCUT2D eigenvalue weighted by molar-refractivity contribution is 5.71. The molecule has 0 aromatic carbocycles. The molecular formula is C69H128O6. The largest absolute Gasteiger partial charge is 0.462 e. The number of carbonyl (C=O) groups is 3. The fraction of sp³-hybridized carbons (Fsp3) is 0.870. The van der Waals surface area contributed by atoms with E-state index in [0.717, 1.165) is 96.3 Å². The molecule has 0 spiro atoms. The summed E-state index contributed by atoms with van der Waals surface area (Å²) in [5.41, 5.74) is 0. The zero-order valence-electron chi connectivity index (χ0n) is 50.6. The summed E-state index contributed by atoms with van der Waals surface area (Å²) < 4.78 is 17.0. The van der Waals surface area contributed by atoms with Crippen molar-refractivity contribution in [1.82, 2.24) is 0 Å². The van der Waals surface area contributed by atoms with Gasteiger partial charge in [0.2, 0.25) is 0 Å². The van der Waals surface area contributed by atoms with Crippen molar-refractivity contribution in [3.63, 3.8) is 0 Å². The van der Waals surface area contributed by atoms with Gasteiger partial charge in [0.05, 0.1) is 0 Å². The smallest absolute Gasteiger partial charge is 0.306 e. The van der Waals surface area contributed by atoms with Crippen molar-refractivity contribution in [1.29, 1.82) is 0 Å². The van der Waals surface area contributed by atoms with Gasteiger partial charge in [-0.2, -0.15) is 0 Å². The van der Waals surface area contributed by atoms with Gasteiger partial charge in [-0.05, 0) is 51.4 Å². The molecule has 0 saturated carbocycles. The fourth-order valence-corrected chi connectivity index (χ4v) is 10.2. The molecule has 440 valence electrons. The Kier molecular flexibility index (Phi) is 62.1. The number of ether oxygens (including phenoxy) is 3. The molecule has 0 fully saturated rings. The van der Waals surface area contributed by atoms with Crippen LogP contribution in [0.3, 0.4) is 0 Å². The van der Waals surface area contributed by atoms with E-state index in [9.17, 15) is 14.4 Å². The molecule has 1 unspecified atom stereocenters. The van der Waals surface area contributed by atoms with Crippen LogP contribution in [0.15, 0.2) is 36.5 Å². The maximum atomic E-state index is 12.9. The number of allylic oxidation sites excluding steroid dienone is 6. The molecule has 0 bridgehead atoms. The molecule has 0 rings (SSSR count). The molecule has 0 aliphatic heterocycles. The van der Waals surface area contributed by atoms with E-state index in [4.69, 9.17) is 14.2 Å². The number of esters is 3. The van der Waals surface area contributed by atoms with E-state index in [1.54, 1.807) is 0 Å². The molecule has 0 heterocycles. The van der Waals surface area contributed by atoms with E-state index in [1.807, 2.05) is 0 Å². The van der Waals surface area contributed by atoms with Gasteiger partial charge in [-0.25, -0.2) is 0 Å². The SMILES string of the molecule is CC/C=C\C/C=C\C/C=C\CCCCCCCC(=O)OCC(COC(=O)CCCCCCCCCCCCCCCCCCCCCCCCC)OC(=O)CCCCCCCCCCCCCCCCCCCCC. The minimum Gasteiger partial charge on any atom is -0.462 e. The van der Waals surface area contributed by atoms with Crippen LogP contribution in [0.25, 0.3) is 0 Å². The molecule has 75 heavy (non-hydrogen) atoms. The minimum atomic E-state index is -0.776. The van der Waals surface area contributed by atoms with E-state index in [0.29, 0.717) is 19.3 Å². The average molecular weight is 1050 g/mol. The van der Waals surface area contributed by atoms with E-state index in [1.165, 1.54) is 231 Å². The number of hydrogen-bond acceptors (Lipinski definition) is 6. The number of carbonyl (C=O) groups excluding carboxylic acids is 3. The summed E-state index contributed by atoms with van der Waals surface area (Å²) in [7, 11) is 0. The van der Waals surface area contributed by atoms with E-state index >= 15 is 0 Å². The minimum absolute atomic E-state index is 0.0720. The molecule has 1 atom stereocenters. The maximum Gasteiger partial charge on any atom is 0.306 e. The Morgan fingerprint density at radius 2 is 0.520 bits per heavy atom. The van der Waals surface area contributed by atoms with Crippen molar-refractivity contribution >= 4 is 17.9 Å². The van der Waals surface area contributed by atoms with Crippen LogP contribution >= 0.6 is 0 Å². The first kappa shape index (κ1) is 72.6. The molecule has 6 heteroatoms. The van der Waals surface area contributed by atoms with Crippen molar-refractivity contribution in [2.75, 3.05) is 13.2 Å². The van der Waals surface area contributed by atoms with E-state index in [-0.39, 0.29) is 31.1 Å². The Bertz CT molecular complexity index is 1250. The molecule has 0 amide bonds. The molecule has 0 aliphatic carbocycles. The van der Waals surface area contributed by atoms with Crippen LogP contribution in [0.4, 0.5) is 0 Å². The Balaban J connectivity index is 4.28. The van der Waals surface area contributed by atoms with Gasteiger partial charge >= 0.3 is 17.9 Å². The van der Waals surface area contributed by atoms with Gasteiger partial charge in [0.15, 0.2) is 6.10 Å². The first-order chi connectivity index (χ1) is 37.0. The summed E-state index contributed by atoms with van der Waals surface area (Å²) in [5.74, 6) is -0.861. The molecule has 6 nitrogen and oxygen atoms in total. The third kappa shape index (κ3) is 62.4. The number of rotatable bonds is 62. The predicted octanol–water partition coefficient (Wildman–Crippen LogP) is 22.8. The first-order valence-electron chi connectivity index (χ1n) is 33.5. The second-order valence-corrected chi connectivity index (χ2v) is 22.7. The summed E-state index contributed by atoms with van der Waals surface area (Å²) in [5, 5.41) is 0. The molecule has 0 aliphatic rings. The van der Waals surface area contributed by atoms with Gasteiger partial charge in [-0.3, -0.25) is 14.4 Å². The van der Waals surface area contributed by atoms with Crippen molar-refractivity contribution in [3.8, 4) is 0 Å². The lowest BCUT2D eigenvalue weighted by Crippen LogP contribution is -2.30. The lowest BCUT2D eigenvalue weighted by atomic mass is 10.0. The third-order valence-electron chi connectivity index (χ3n) is 15.2. The van der Waals surface area contributed by atoms with Gasteiger partial charge in [0.1, 0.15) is 13.2 Å². The Morgan fingerprint density at radius 1 is 0.280 bits per heavy atom. The highest BCUT2D eigenvalue weighted by Gasteiger charge is 2.19. The monoisotopic (exact) mass is 1050 g/mol. The van der Waals surface area contributed by atoms with Crippen LogP contribution in [0.1, 0.15) is 367 Å². The van der Waals surface area contributed by atoms with Crippen LogP contribution in [0.2, 0.25) is 0 Å². The predicted molar refractivity (Wildman–Crippen MR) is 326 cm³/mol. The maximum absolute atomic E-state index is 12.9. The highest BCUT2D eigenvalue weighted by atomic mass is 16.6. The lowest BCUT2D eigenvalue weighted by molar-refractivity contribution is -0.167. The van der Waals surface area contributed by atoms with Crippen LogP contribution in [0, 0.1) is 0 Å². The summed E-state index contributed by atoms with van der Waals surface area (Å²) in [6.45, 7) is 6.59. The van der Waals surface area contributed by atoms with Crippen LogP contribution in [0.5, 0.6) is 0 Å². The second-order valence-electron chi connectivity index (χ2n) is 22.7. The van der Waals surface area contributed by atoms with Crippen molar-refractivity contribution in [3.05, 3.63) is 36.5 Å². The van der Waals surface area contributed by atoms with Gasteiger partial charge in [-0.15, -0.1) is 0 Å². The molecule has 0 saturated heterocycles. The number of unbranched alkanes of at least 4 members (excludes halogenated alkanes) is 45. The van der Waals surface area contributed by atoms with E-state index < -0.39 is 6.10 Å². The molecule has 0 N–H and O–H groups in total. The standard InChI is InChI=1S/C69H128O6/c1-4-7-10-13-16-19-22-25-28-30-32-33-34-35-37-38-41-44-47-50-53-56-59-62-68(71)74-65-66(64-73-67(70)61-58-55-52-49-46-43-40-27-24-21-18-15-12-9-6-3)75-69(72)63-60-57-54-51-48-45-42-39-36-31-29-26-23-20-17-14-11-8-5-2/h9,12,18,21,27,40,66H,4-8,10-11,13-17,19-20,22-26,28-39,41-65H2,1-3H3/b12-9-,21-18-,40-27-. The molecule has 0 aromatic rings.